The SMILES string of the molecule is COc1ccc(OC(F)(F)F)cc1CN(C(=O)/C(N)=C(/NCc1cc(C(F)(F)F)cc(C(F)(F)F)c1)c1ccncc1)C(C)C. The highest BCUT2D eigenvalue weighted by molar-refractivity contribution is 6.00. The Morgan fingerprint density at radius 3 is 1.98 bits per heavy atom. The summed E-state index contributed by atoms with van der Waals surface area (Å²) >= 11 is 0. The average Bonchev–Trinajstić information content (AvgIpc) is 2.94. The Balaban J connectivity index is 2.04. The molecule has 3 rings (SSSR count). The van der Waals surface area contributed by atoms with Crippen molar-refractivity contribution in [3.63, 3.8) is 0 Å². The van der Waals surface area contributed by atoms with E-state index < -0.39 is 65.3 Å². The average molecular weight is 651 g/mol. The molecular formula is C29H27F9N4O3. The van der Waals surface area contributed by atoms with Crippen molar-refractivity contribution in [3.05, 3.63) is 94.4 Å². The summed E-state index contributed by atoms with van der Waals surface area (Å²) in [5.41, 5.74) is 2.54. The lowest BCUT2D eigenvalue weighted by molar-refractivity contribution is -0.274. The molecule has 45 heavy (non-hydrogen) atoms. The van der Waals surface area contributed by atoms with Crippen LogP contribution < -0.4 is 20.5 Å². The van der Waals surface area contributed by atoms with Crippen LogP contribution in [-0.4, -0.2) is 35.3 Å². The second-order valence-electron chi connectivity index (χ2n) is 9.84. The highest BCUT2D eigenvalue weighted by atomic mass is 19.4. The molecule has 0 aliphatic carbocycles. The van der Waals surface area contributed by atoms with E-state index in [-0.39, 0.29) is 35.2 Å². The maximum Gasteiger partial charge on any atom is 0.573 e. The van der Waals surface area contributed by atoms with Crippen LogP contribution in [0.25, 0.3) is 5.70 Å². The number of rotatable bonds is 10. The lowest BCUT2D eigenvalue weighted by Gasteiger charge is -2.29. The van der Waals surface area contributed by atoms with Gasteiger partial charge in [-0.25, -0.2) is 0 Å². The van der Waals surface area contributed by atoms with E-state index in [1.165, 1.54) is 42.6 Å². The molecule has 3 N–H and O–H groups in total. The summed E-state index contributed by atoms with van der Waals surface area (Å²) < 4.78 is 128. The second-order valence-corrected chi connectivity index (χ2v) is 9.84. The first-order chi connectivity index (χ1) is 20.8. The van der Waals surface area contributed by atoms with Crippen molar-refractivity contribution >= 4 is 11.6 Å². The molecule has 2 aromatic carbocycles. The van der Waals surface area contributed by atoms with E-state index in [1.807, 2.05) is 0 Å². The molecule has 3 aromatic rings. The van der Waals surface area contributed by atoms with Gasteiger partial charge in [-0.15, -0.1) is 13.2 Å². The van der Waals surface area contributed by atoms with Crippen LogP contribution in [0, 0.1) is 0 Å². The molecule has 1 amide bonds. The number of pyridine rings is 1. The van der Waals surface area contributed by atoms with Crippen LogP contribution in [0.15, 0.2) is 66.6 Å². The number of methoxy groups -OCH3 is 1. The van der Waals surface area contributed by atoms with Gasteiger partial charge in [0.25, 0.3) is 5.91 Å². The Labute approximate surface area is 251 Å². The first-order valence-corrected chi connectivity index (χ1v) is 13.0. The van der Waals surface area contributed by atoms with Crippen LogP contribution in [0.5, 0.6) is 11.5 Å². The molecular weight excluding hydrogens is 623 g/mol. The molecule has 0 unspecified atom stereocenters. The van der Waals surface area contributed by atoms with Crippen LogP contribution in [0.2, 0.25) is 0 Å². The Hall–Kier alpha value is -4.63. The largest absolute Gasteiger partial charge is 0.573 e. The fraction of sp³-hybridized carbons (Fsp3) is 0.310. The zero-order valence-electron chi connectivity index (χ0n) is 23.9. The molecule has 0 bridgehead atoms. The number of nitrogens with one attached hydrogen (secondary N) is 1. The molecule has 7 nitrogen and oxygen atoms in total. The molecule has 0 atom stereocenters. The maximum absolute atomic E-state index is 13.7. The number of amides is 1. The number of carbonyl (C=O) groups is 1. The molecule has 0 spiro atoms. The molecule has 0 radical (unpaired) electrons. The van der Waals surface area contributed by atoms with E-state index in [0.717, 1.165) is 12.1 Å². The fourth-order valence-electron chi connectivity index (χ4n) is 4.19. The third-order valence-corrected chi connectivity index (χ3v) is 6.30. The molecule has 244 valence electrons. The van der Waals surface area contributed by atoms with Crippen LogP contribution in [0.3, 0.4) is 0 Å². The number of hydrogen-bond donors (Lipinski definition) is 2. The van der Waals surface area contributed by atoms with Gasteiger partial charge in [-0.2, -0.15) is 26.3 Å². The Morgan fingerprint density at radius 2 is 1.49 bits per heavy atom. The second kappa shape index (κ2) is 13.6. The van der Waals surface area contributed by atoms with E-state index in [1.54, 1.807) is 13.8 Å². The van der Waals surface area contributed by atoms with Gasteiger partial charge < -0.3 is 25.4 Å². The standard InChI is InChI=1S/C29H27F9N4O3/c1-16(2)42(15-19-12-22(45-29(36,37)38)4-5-23(19)44-3)26(43)24(39)25(18-6-8-40-9-7-18)41-14-17-10-20(27(30,31)32)13-21(11-17)28(33,34)35/h4-13,16,41H,14-15,39H2,1-3H3/b25-24-. The Kier molecular flexibility index (Phi) is 10.5. The van der Waals surface area contributed by atoms with Gasteiger partial charge in [0.1, 0.15) is 17.2 Å². The highest BCUT2D eigenvalue weighted by Crippen LogP contribution is 2.36. The summed E-state index contributed by atoms with van der Waals surface area (Å²) in [6.07, 6.45) is -12.5. The number of alkyl halides is 9. The zero-order chi connectivity index (χ0) is 33.7. The summed E-state index contributed by atoms with van der Waals surface area (Å²) in [5, 5.41) is 2.68. The van der Waals surface area contributed by atoms with Gasteiger partial charge in [-0.3, -0.25) is 9.78 Å². The quantitative estimate of drug-likeness (QED) is 0.184. The number of nitrogens with zero attached hydrogens (tertiary/aromatic N) is 2. The molecule has 1 heterocycles. The minimum atomic E-state index is -5.07. The van der Waals surface area contributed by atoms with Crippen molar-refractivity contribution in [2.75, 3.05) is 7.11 Å². The van der Waals surface area contributed by atoms with Crippen LogP contribution >= 0.6 is 0 Å². The first-order valence-electron chi connectivity index (χ1n) is 13.0. The number of hydrogen-bond acceptors (Lipinski definition) is 6. The zero-order valence-corrected chi connectivity index (χ0v) is 23.9. The van der Waals surface area contributed by atoms with E-state index >= 15 is 0 Å². The Morgan fingerprint density at radius 1 is 0.911 bits per heavy atom. The molecule has 0 aliphatic rings. The normalized spacial score (nSPS) is 12.9. The predicted molar refractivity (Wildman–Crippen MR) is 144 cm³/mol. The van der Waals surface area contributed by atoms with Crippen molar-refractivity contribution in [2.24, 2.45) is 5.73 Å². The molecule has 1 aromatic heterocycles. The smallest absolute Gasteiger partial charge is 0.496 e. The third kappa shape index (κ3) is 9.43. The van der Waals surface area contributed by atoms with Crippen molar-refractivity contribution in [1.29, 1.82) is 0 Å². The minimum absolute atomic E-state index is 0.00939. The summed E-state index contributed by atoms with van der Waals surface area (Å²) in [5.74, 6) is -1.30. The molecule has 0 aliphatic heterocycles. The Bertz CT molecular complexity index is 1490. The number of ether oxygens (including phenoxy) is 2. The summed E-state index contributed by atoms with van der Waals surface area (Å²) in [7, 11) is 1.27. The van der Waals surface area contributed by atoms with E-state index in [0.29, 0.717) is 12.1 Å². The van der Waals surface area contributed by atoms with Crippen LogP contribution in [0.4, 0.5) is 39.5 Å². The van der Waals surface area contributed by atoms with Gasteiger partial charge in [-0.1, -0.05) is 0 Å². The van der Waals surface area contributed by atoms with Crippen LogP contribution in [0.1, 0.15) is 41.7 Å². The van der Waals surface area contributed by atoms with E-state index in [9.17, 15) is 44.3 Å². The molecule has 0 saturated carbocycles. The monoisotopic (exact) mass is 650 g/mol. The van der Waals surface area contributed by atoms with Crippen molar-refractivity contribution in [2.45, 2.75) is 51.7 Å². The van der Waals surface area contributed by atoms with Crippen LogP contribution in [-0.2, 0) is 30.2 Å². The summed E-state index contributed by atoms with van der Waals surface area (Å²) in [6.45, 7) is 2.26. The van der Waals surface area contributed by atoms with E-state index in [2.05, 4.69) is 15.0 Å². The third-order valence-electron chi connectivity index (χ3n) is 6.30. The van der Waals surface area contributed by atoms with Gasteiger partial charge in [0.15, 0.2) is 0 Å². The number of carbonyl (C=O) groups excluding carboxylic acids is 1. The number of nitrogens with two attached hydrogens (primary N) is 1. The molecule has 16 heteroatoms. The first kappa shape index (κ1) is 34.9. The van der Waals surface area contributed by atoms with Gasteiger partial charge in [0.05, 0.1) is 30.5 Å². The lowest BCUT2D eigenvalue weighted by atomic mass is 10.0. The van der Waals surface area contributed by atoms with E-state index in [4.69, 9.17) is 10.5 Å². The van der Waals surface area contributed by atoms with Gasteiger partial charge in [0.2, 0.25) is 0 Å². The number of aromatic nitrogens is 1. The number of halogens is 9. The van der Waals surface area contributed by atoms with Crippen molar-refractivity contribution in [1.82, 2.24) is 15.2 Å². The summed E-state index contributed by atoms with van der Waals surface area (Å²) in [4.78, 5) is 18.8. The van der Waals surface area contributed by atoms with Gasteiger partial charge in [-0.05, 0) is 67.9 Å². The lowest BCUT2D eigenvalue weighted by Crippen LogP contribution is -2.40. The minimum Gasteiger partial charge on any atom is -0.496 e. The number of benzene rings is 2. The fourth-order valence-corrected chi connectivity index (χ4v) is 4.19. The van der Waals surface area contributed by atoms with Crippen molar-refractivity contribution in [3.8, 4) is 11.5 Å². The highest BCUT2D eigenvalue weighted by Gasteiger charge is 2.37. The predicted octanol–water partition coefficient (Wildman–Crippen LogP) is 6.88. The van der Waals surface area contributed by atoms with Gasteiger partial charge in [0, 0.05) is 36.1 Å². The molecule has 0 fully saturated rings. The van der Waals surface area contributed by atoms with Crippen molar-refractivity contribution < 1.29 is 53.8 Å². The maximum atomic E-state index is 13.7. The van der Waals surface area contributed by atoms with Gasteiger partial charge >= 0.3 is 18.7 Å². The molecule has 0 saturated heterocycles. The summed E-state index contributed by atoms with van der Waals surface area (Å²) in [6, 6.07) is 6.52. The topological polar surface area (TPSA) is 89.7 Å².